The first-order chi connectivity index (χ1) is 12.7. The van der Waals surface area contributed by atoms with Crippen LogP contribution in [0.3, 0.4) is 0 Å². The molecule has 2 heterocycles. The van der Waals surface area contributed by atoms with Gasteiger partial charge in [-0.05, 0) is 30.3 Å². The van der Waals surface area contributed by atoms with Crippen LogP contribution >= 0.6 is 0 Å². The number of nitrogens with zero attached hydrogens (tertiary/aromatic N) is 2. The molecular weight excluding hydrogens is 334 g/mol. The van der Waals surface area contributed by atoms with Crippen LogP contribution in [0, 0.1) is 0 Å². The molecule has 0 saturated carbocycles. The number of hydrogen-bond donors (Lipinski definition) is 1. The van der Waals surface area contributed by atoms with Gasteiger partial charge in [-0.2, -0.15) is 0 Å². The van der Waals surface area contributed by atoms with E-state index < -0.39 is 0 Å². The van der Waals surface area contributed by atoms with E-state index in [-0.39, 0.29) is 11.8 Å². The summed E-state index contributed by atoms with van der Waals surface area (Å²) in [5.74, 6) is 1.34. The molecule has 0 spiro atoms. The maximum Gasteiger partial charge on any atom is 0.254 e. The van der Waals surface area contributed by atoms with Gasteiger partial charge >= 0.3 is 0 Å². The van der Waals surface area contributed by atoms with Gasteiger partial charge in [-0.25, -0.2) is 0 Å². The predicted octanol–water partition coefficient (Wildman–Crippen LogP) is 1.36. The van der Waals surface area contributed by atoms with Crippen molar-refractivity contribution < 1.29 is 18.7 Å². The number of ether oxygens (including phenoxy) is 1. The summed E-state index contributed by atoms with van der Waals surface area (Å²) in [5, 5.41) is 2.84. The Morgan fingerprint density at radius 1 is 1.15 bits per heavy atom. The van der Waals surface area contributed by atoms with Crippen LogP contribution in [0.25, 0.3) is 0 Å². The maximum absolute atomic E-state index is 12.6. The first-order valence-electron chi connectivity index (χ1n) is 8.60. The normalized spacial score (nSPS) is 14.9. The van der Waals surface area contributed by atoms with E-state index in [1.54, 1.807) is 31.6 Å². The Labute approximate surface area is 152 Å². The van der Waals surface area contributed by atoms with E-state index in [2.05, 4.69) is 5.32 Å². The number of piperazine rings is 1. The van der Waals surface area contributed by atoms with Crippen molar-refractivity contribution in [3.63, 3.8) is 0 Å². The first-order valence-corrected chi connectivity index (χ1v) is 8.60. The summed E-state index contributed by atoms with van der Waals surface area (Å²) in [4.78, 5) is 28.5. The molecule has 1 N–H and O–H groups in total. The highest BCUT2D eigenvalue weighted by Gasteiger charge is 2.23. The fourth-order valence-electron chi connectivity index (χ4n) is 2.91. The van der Waals surface area contributed by atoms with Crippen molar-refractivity contribution in [2.45, 2.75) is 6.54 Å². The number of carbonyl (C=O) groups excluding carboxylic acids is 2. The van der Waals surface area contributed by atoms with E-state index in [0.717, 1.165) is 5.76 Å². The Balaban J connectivity index is 1.44. The van der Waals surface area contributed by atoms with Gasteiger partial charge in [0.25, 0.3) is 5.91 Å². The lowest BCUT2D eigenvalue weighted by molar-refractivity contribution is -0.122. The van der Waals surface area contributed by atoms with Crippen molar-refractivity contribution in [1.29, 1.82) is 0 Å². The van der Waals surface area contributed by atoms with E-state index in [9.17, 15) is 9.59 Å². The minimum atomic E-state index is -0.0472. The fraction of sp³-hybridized carbons (Fsp3) is 0.368. The summed E-state index contributed by atoms with van der Waals surface area (Å²) in [5.41, 5.74) is 0.619. The average Bonchev–Trinajstić information content (AvgIpc) is 3.20. The summed E-state index contributed by atoms with van der Waals surface area (Å²) in [7, 11) is 1.58. The van der Waals surface area contributed by atoms with Crippen LogP contribution < -0.4 is 10.1 Å². The highest BCUT2D eigenvalue weighted by atomic mass is 16.5. The standard InChI is InChI=1S/C19H23N3O4/c1-25-16-5-2-4-15(12-16)19(24)22-9-7-21(8-10-22)14-18(23)20-13-17-6-3-11-26-17/h2-6,11-12H,7-10,13-14H2,1H3,(H,20,23). The molecule has 1 fully saturated rings. The number of methoxy groups -OCH3 is 1. The molecule has 2 aromatic rings. The molecule has 1 saturated heterocycles. The summed E-state index contributed by atoms with van der Waals surface area (Å²) < 4.78 is 10.4. The second-order valence-corrected chi connectivity index (χ2v) is 6.16. The van der Waals surface area contributed by atoms with Gasteiger partial charge in [-0.1, -0.05) is 6.07 Å². The zero-order chi connectivity index (χ0) is 18.4. The molecule has 2 amide bonds. The molecule has 3 rings (SSSR count). The molecule has 1 aromatic carbocycles. The Bertz CT molecular complexity index is 737. The van der Waals surface area contributed by atoms with Gasteiger partial charge in [0.1, 0.15) is 11.5 Å². The zero-order valence-electron chi connectivity index (χ0n) is 14.8. The van der Waals surface area contributed by atoms with Gasteiger partial charge < -0.3 is 19.4 Å². The molecule has 0 aliphatic carbocycles. The highest BCUT2D eigenvalue weighted by molar-refractivity contribution is 5.94. The number of carbonyl (C=O) groups is 2. The largest absolute Gasteiger partial charge is 0.497 e. The number of nitrogens with one attached hydrogen (secondary N) is 1. The van der Waals surface area contributed by atoms with E-state index in [1.807, 2.05) is 28.0 Å². The number of benzene rings is 1. The third kappa shape index (κ3) is 4.64. The second kappa shape index (κ2) is 8.53. The Morgan fingerprint density at radius 3 is 2.65 bits per heavy atom. The predicted molar refractivity (Wildman–Crippen MR) is 95.9 cm³/mol. The first kappa shape index (κ1) is 18.0. The summed E-state index contributed by atoms with van der Waals surface area (Å²) >= 11 is 0. The molecular formula is C19H23N3O4. The van der Waals surface area contributed by atoms with Crippen molar-refractivity contribution in [2.24, 2.45) is 0 Å². The molecule has 1 aliphatic rings. The molecule has 1 aromatic heterocycles. The van der Waals surface area contributed by atoms with Crippen LogP contribution in [-0.2, 0) is 11.3 Å². The van der Waals surface area contributed by atoms with Crippen LogP contribution in [0.4, 0.5) is 0 Å². The number of furan rings is 1. The zero-order valence-corrected chi connectivity index (χ0v) is 14.8. The lowest BCUT2D eigenvalue weighted by Crippen LogP contribution is -2.51. The van der Waals surface area contributed by atoms with Gasteiger partial charge in [-0.15, -0.1) is 0 Å². The van der Waals surface area contributed by atoms with E-state index in [4.69, 9.17) is 9.15 Å². The number of rotatable bonds is 6. The Kier molecular flexibility index (Phi) is 5.91. The van der Waals surface area contributed by atoms with Crippen LogP contribution in [0.2, 0.25) is 0 Å². The van der Waals surface area contributed by atoms with Gasteiger partial charge in [0.05, 0.1) is 26.5 Å². The maximum atomic E-state index is 12.6. The van der Waals surface area contributed by atoms with Crippen molar-refractivity contribution in [1.82, 2.24) is 15.1 Å². The lowest BCUT2D eigenvalue weighted by atomic mass is 10.1. The SMILES string of the molecule is COc1cccc(C(=O)N2CCN(CC(=O)NCc3ccco3)CC2)c1. The van der Waals surface area contributed by atoms with E-state index in [0.29, 0.717) is 50.6 Å². The summed E-state index contributed by atoms with van der Waals surface area (Å²) in [6.45, 7) is 3.25. The topological polar surface area (TPSA) is 75.0 Å². The van der Waals surface area contributed by atoms with E-state index in [1.165, 1.54) is 0 Å². The summed E-state index contributed by atoms with van der Waals surface area (Å²) in [6, 6.07) is 10.8. The molecule has 138 valence electrons. The molecule has 1 aliphatic heterocycles. The molecule has 26 heavy (non-hydrogen) atoms. The molecule has 7 nitrogen and oxygen atoms in total. The third-order valence-electron chi connectivity index (χ3n) is 4.38. The number of hydrogen-bond acceptors (Lipinski definition) is 5. The smallest absolute Gasteiger partial charge is 0.254 e. The Hall–Kier alpha value is -2.80. The van der Waals surface area contributed by atoms with Crippen LogP contribution in [0.1, 0.15) is 16.1 Å². The van der Waals surface area contributed by atoms with Gasteiger partial charge in [0.2, 0.25) is 5.91 Å². The Morgan fingerprint density at radius 2 is 1.96 bits per heavy atom. The lowest BCUT2D eigenvalue weighted by Gasteiger charge is -2.34. The van der Waals surface area contributed by atoms with Crippen molar-refractivity contribution in [2.75, 3.05) is 39.8 Å². The minimum absolute atomic E-state index is 0.00850. The fourth-order valence-corrected chi connectivity index (χ4v) is 2.91. The molecule has 7 heteroatoms. The van der Waals surface area contributed by atoms with Crippen molar-refractivity contribution in [3.05, 3.63) is 54.0 Å². The quantitative estimate of drug-likeness (QED) is 0.845. The third-order valence-corrected chi connectivity index (χ3v) is 4.38. The molecule has 0 atom stereocenters. The average molecular weight is 357 g/mol. The van der Waals surface area contributed by atoms with Crippen LogP contribution in [0.5, 0.6) is 5.75 Å². The van der Waals surface area contributed by atoms with Crippen molar-refractivity contribution >= 4 is 11.8 Å². The van der Waals surface area contributed by atoms with E-state index >= 15 is 0 Å². The van der Waals surface area contributed by atoms with Gasteiger partial charge in [-0.3, -0.25) is 14.5 Å². The van der Waals surface area contributed by atoms with Gasteiger partial charge in [0.15, 0.2) is 0 Å². The minimum Gasteiger partial charge on any atom is -0.497 e. The molecule has 0 bridgehead atoms. The number of amides is 2. The van der Waals surface area contributed by atoms with Crippen LogP contribution in [0.15, 0.2) is 47.1 Å². The van der Waals surface area contributed by atoms with Gasteiger partial charge in [0, 0.05) is 31.7 Å². The molecule has 0 unspecified atom stereocenters. The second-order valence-electron chi connectivity index (χ2n) is 6.16. The highest BCUT2D eigenvalue weighted by Crippen LogP contribution is 2.15. The summed E-state index contributed by atoms with van der Waals surface area (Å²) in [6.07, 6.45) is 1.58. The van der Waals surface area contributed by atoms with Crippen LogP contribution in [-0.4, -0.2) is 61.4 Å². The monoisotopic (exact) mass is 357 g/mol. The molecule has 0 radical (unpaired) electrons. The van der Waals surface area contributed by atoms with Crippen molar-refractivity contribution in [3.8, 4) is 5.75 Å².